The van der Waals surface area contributed by atoms with E-state index in [1.165, 1.54) is 4.57 Å². The molecule has 0 fully saturated rings. The number of hydrogen-bond acceptors (Lipinski definition) is 15. The van der Waals surface area contributed by atoms with Crippen molar-refractivity contribution in [3.63, 3.8) is 0 Å². The van der Waals surface area contributed by atoms with Gasteiger partial charge in [0.1, 0.15) is 45.6 Å². The lowest BCUT2D eigenvalue weighted by molar-refractivity contribution is 0.393. The molecule has 0 saturated carbocycles. The first kappa shape index (κ1) is 56.2. The fourth-order valence-electron chi connectivity index (χ4n) is 9.70. The van der Waals surface area contributed by atoms with Crippen LogP contribution in [0.15, 0.2) is 124 Å². The normalized spacial score (nSPS) is 11.1. The number of benzene rings is 3. The van der Waals surface area contributed by atoms with Gasteiger partial charge in [-0.3, -0.25) is 37.8 Å². The summed E-state index contributed by atoms with van der Waals surface area (Å²) in [6.45, 7) is 16.8. The molecule has 22 heteroatoms. The van der Waals surface area contributed by atoms with E-state index in [-0.39, 0.29) is 22.8 Å². The maximum Gasteiger partial charge on any atom is 0.328 e. The number of H-pyrrole nitrogens is 1. The molecule has 0 saturated heterocycles. The summed E-state index contributed by atoms with van der Waals surface area (Å²) in [6, 6.07) is 22.3. The number of aryl methyl sites for hydroxylation is 14. The number of imidazole rings is 3. The van der Waals surface area contributed by atoms with Gasteiger partial charge in [0, 0.05) is 75.0 Å². The van der Waals surface area contributed by atoms with Gasteiger partial charge >= 0.3 is 17.1 Å². The molecule has 0 atom stereocenters. The zero-order valence-corrected chi connectivity index (χ0v) is 48.8. The quantitative estimate of drug-likeness (QED) is 0.151. The van der Waals surface area contributed by atoms with Crippen LogP contribution in [0.4, 0.5) is 0 Å². The number of nitrogens with one attached hydrogen (secondary N) is 1. The van der Waals surface area contributed by atoms with Crippen molar-refractivity contribution >= 4 is 49.0 Å². The Bertz CT molecular complexity index is 4460. The highest BCUT2D eigenvalue weighted by molar-refractivity contribution is 9.10. The maximum absolute atomic E-state index is 12.5. The molecule has 0 aliphatic carbocycles. The third-order valence-corrected chi connectivity index (χ3v) is 14.5. The molecule has 0 aliphatic rings. The van der Waals surface area contributed by atoms with Gasteiger partial charge in [0.05, 0.1) is 56.2 Å². The van der Waals surface area contributed by atoms with E-state index in [2.05, 4.69) is 51.3 Å². The van der Waals surface area contributed by atoms with Crippen molar-refractivity contribution in [3.8, 4) is 62.1 Å². The molecule has 0 amide bonds. The van der Waals surface area contributed by atoms with Crippen molar-refractivity contribution in [2.24, 2.45) is 35.2 Å². The SMILES string of the molecule is Cc1ncccc1O.Cc1ncccc1Oc1cc(-c2c(C)noc2C)cc2[nH]c(=O)n(C)c12.Cc1ncccc1Oc1cc(-c2c(C)noc2C)cc2c1n(C)c(=O)n2C.Cc1noc(C)c1-c1cc(Br)c2c(c1)n(C)c(=O)n2C. The van der Waals surface area contributed by atoms with Crippen molar-refractivity contribution in [2.75, 3.05) is 0 Å². The van der Waals surface area contributed by atoms with Crippen LogP contribution >= 0.6 is 15.9 Å². The molecular formula is C59H59BrN12O9. The van der Waals surface area contributed by atoms with Crippen LogP contribution in [-0.2, 0) is 35.2 Å². The van der Waals surface area contributed by atoms with Crippen molar-refractivity contribution < 1.29 is 28.1 Å². The fraction of sp³-hybridized carbons (Fsp3) is 0.237. The lowest BCUT2D eigenvalue weighted by Gasteiger charge is -2.12. The van der Waals surface area contributed by atoms with Gasteiger partial charge in [0.15, 0.2) is 11.5 Å². The fourth-order valence-corrected chi connectivity index (χ4v) is 10.4. The summed E-state index contributed by atoms with van der Waals surface area (Å²) in [4.78, 5) is 51.9. The average Bonchev–Trinajstić information content (AvgIpc) is 4.47. The lowest BCUT2D eigenvalue weighted by atomic mass is 10.0. The predicted octanol–water partition coefficient (Wildman–Crippen LogP) is 11.3. The number of nitrogens with zero attached hydrogens (tertiary/aromatic N) is 11. The van der Waals surface area contributed by atoms with Crippen molar-refractivity contribution in [2.45, 2.75) is 62.3 Å². The standard InChI is InChI=1S/C20H20N4O3.C19H18N4O3.C14H14BrN3O2.C6H7NO/c1-11-16(7-6-8-21-11)26-17-10-14(18-12(2)22-27-13(18)3)9-15-19(17)24(5)20(25)23(15)4;1-10-15(6-5-7-20-10)25-16-9-13(17-11(2)22-26-12(17)3)8-14-18(16)23(4)19(24)21-14;1-7-12(8(2)20-16-7)9-5-10(15)13-11(6-9)17(3)14(19)18(13)4;1-5-6(8)3-2-4-7-5/h6-10H,1-5H3;5-9H,1-4H3,(H,21,24);5-6H,1-4H3;2-4,8H,1H3. The van der Waals surface area contributed by atoms with E-state index in [1.807, 2.05) is 116 Å². The highest BCUT2D eigenvalue weighted by Gasteiger charge is 2.22. The molecule has 0 aliphatic heterocycles. The van der Waals surface area contributed by atoms with Crippen molar-refractivity contribution in [1.29, 1.82) is 0 Å². The lowest BCUT2D eigenvalue weighted by Crippen LogP contribution is -2.19. The number of aromatic nitrogens is 12. The van der Waals surface area contributed by atoms with Gasteiger partial charge < -0.3 is 33.1 Å². The first-order valence-corrected chi connectivity index (χ1v) is 26.2. The summed E-state index contributed by atoms with van der Waals surface area (Å²) in [5.74, 6) is 4.89. The summed E-state index contributed by atoms with van der Waals surface area (Å²) >= 11 is 3.56. The molecule has 9 aromatic heterocycles. The zero-order chi connectivity index (χ0) is 58.3. The number of halogens is 1. The van der Waals surface area contributed by atoms with E-state index in [0.29, 0.717) is 45.5 Å². The number of pyridine rings is 3. The number of ether oxygens (including phenoxy) is 2. The van der Waals surface area contributed by atoms with Gasteiger partial charge in [0.2, 0.25) is 0 Å². The van der Waals surface area contributed by atoms with Gasteiger partial charge in [-0.1, -0.05) is 15.5 Å². The Balaban J connectivity index is 0.000000138. The average molecular weight is 1160 g/mol. The third kappa shape index (κ3) is 10.8. The zero-order valence-electron chi connectivity index (χ0n) is 47.2. The maximum atomic E-state index is 12.5. The largest absolute Gasteiger partial charge is 0.506 e. The van der Waals surface area contributed by atoms with E-state index < -0.39 is 0 Å². The minimum Gasteiger partial charge on any atom is -0.506 e. The number of aromatic amines is 1. The van der Waals surface area contributed by atoms with Gasteiger partial charge in [-0.2, -0.15) is 0 Å². The Hall–Kier alpha value is -9.57. The molecular weight excluding hydrogens is 1100 g/mol. The summed E-state index contributed by atoms with van der Waals surface area (Å²) in [7, 11) is 8.74. The number of aromatic hydroxyl groups is 1. The molecule has 12 aromatic rings. The number of fused-ring (bicyclic) bond motifs is 3. The predicted molar refractivity (Wildman–Crippen MR) is 311 cm³/mol. The minimum atomic E-state index is -0.205. The van der Waals surface area contributed by atoms with Crippen LogP contribution in [0.3, 0.4) is 0 Å². The van der Waals surface area contributed by atoms with Gasteiger partial charge in [-0.05, 0) is 168 Å². The second-order valence-electron chi connectivity index (χ2n) is 19.4. The Kier molecular flexibility index (Phi) is 15.7. The first-order valence-electron chi connectivity index (χ1n) is 25.4. The molecule has 21 nitrogen and oxygen atoms in total. The second-order valence-corrected chi connectivity index (χ2v) is 20.3. The summed E-state index contributed by atoms with van der Waals surface area (Å²) in [5.41, 5.74) is 14.4. The Morgan fingerprint density at radius 2 is 0.877 bits per heavy atom. The summed E-state index contributed by atoms with van der Waals surface area (Å²) in [5, 5.41) is 20.9. The molecule has 12 rings (SSSR count). The third-order valence-electron chi connectivity index (χ3n) is 13.9. The monoisotopic (exact) mass is 1160 g/mol. The van der Waals surface area contributed by atoms with Crippen LogP contribution in [0.1, 0.15) is 51.4 Å². The summed E-state index contributed by atoms with van der Waals surface area (Å²) in [6.07, 6.45) is 5.08. The van der Waals surface area contributed by atoms with Crippen LogP contribution in [0.2, 0.25) is 0 Å². The first-order chi connectivity index (χ1) is 38.6. The summed E-state index contributed by atoms with van der Waals surface area (Å²) < 4.78 is 37.1. The van der Waals surface area contributed by atoms with E-state index in [0.717, 1.165) is 99.9 Å². The van der Waals surface area contributed by atoms with Crippen LogP contribution in [0.5, 0.6) is 28.7 Å². The smallest absolute Gasteiger partial charge is 0.328 e. The topological polar surface area (TPSA) is 247 Å². The molecule has 0 unspecified atom stereocenters. The van der Waals surface area contributed by atoms with Gasteiger partial charge in [-0.25, -0.2) is 14.4 Å². The van der Waals surface area contributed by atoms with Crippen LogP contribution in [0.25, 0.3) is 66.5 Å². The highest BCUT2D eigenvalue weighted by Crippen LogP contribution is 2.39. The molecule has 3 aromatic carbocycles. The minimum absolute atomic E-state index is 0.0448. The molecule has 9 heterocycles. The van der Waals surface area contributed by atoms with E-state index in [9.17, 15) is 14.4 Å². The van der Waals surface area contributed by atoms with Gasteiger partial charge in [0.25, 0.3) is 0 Å². The number of hydrogen-bond donors (Lipinski definition) is 2. The molecule has 2 N–H and O–H groups in total. The van der Waals surface area contributed by atoms with Crippen molar-refractivity contribution in [1.82, 2.24) is 58.2 Å². The van der Waals surface area contributed by atoms with Crippen LogP contribution < -0.4 is 26.5 Å². The Morgan fingerprint density at radius 3 is 1.30 bits per heavy atom. The van der Waals surface area contributed by atoms with E-state index in [4.69, 9.17) is 28.1 Å². The van der Waals surface area contributed by atoms with E-state index >= 15 is 0 Å². The van der Waals surface area contributed by atoms with Gasteiger partial charge in [-0.15, -0.1) is 0 Å². The second kappa shape index (κ2) is 22.7. The molecule has 416 valence electrons. The highest BCUT2D eigenvalue weighted by atomic mass is 79.9. The molecule has 0 spiro atoms. The molecule has 0 bridgehead atoms. The Labute approximate surface area is 471 Å². The van der Waals surface area contributed by atoms with Crippen molar-refractivity contribution in [3.05, 3.63) is 179 Å². The Morgan fingerprint density at radius 1 is 0.469 bits per heavy atom. The molecule has 81 heavy (non-hydrogen) atoms. The van der Waals surface area contributed by atoms with Crippen LogP contribution in [-0.4, -0.2) is 63.3 Å². The molecule has 0 radical (unpaired) electrons. The van der Waals surface area contributed by atoms with E-state index in [1.54, 1.807) is 91.2 Å². The number of rotatable bonds is 7. The van der Waals surface area contributed by atoms with Crippen LogP contribution in [0, 0.1) is 62.3 Å².